The number of hydrogen-bond acceptors (Lipinski definition) is 5. The molecule has 4 rings (SSSR count). The van der Waals surface area contributed by atoms with E-state index in [1.807, 2.05) is 72.8 Å². The zero-order valence-electron chi connectivity index (χ0n) is 18.9. The lowest BCUT2D eigenvalue weighted by atomic mass is 10.1. The number of hydrogen-bond donors (Lipinski definition) is 0. The predicted molar refractivity (Wildman–Crippen MR) is 138 cm³/mol. The van der Waals surface area contributed by atoms with Gasteiger partial charge in [-0.2, -0.15) is 0 Å². The van der Waals surface area contributed by atoms with Crippen LogP contribution in [0.25, 0.3) is 11.1 Å². The number of halogens is 1. The molecule has 0 amide bonds. The second-order valence-corrected chi connectivity index (χ2v) is 8.53. The largest absolute Gasteiger partial charge is 0.481 e. The molecule has 0 aliphatic rings. The van der Waals surface area contributed by atoms with Crippen LogP contribution in [0, 0.1) is 0 Å². The topological polar surface area (TPSA) is 61.8 Å². The molecule has 0 aliphatic heterocycles. The van der Waals surface area contributed by atoms with E-state index in [0.717, 1.165) is 21.2 Å². The van der Waals surface area contributed by atoms with Gasteiger partial charge in [-0.3, -0.25) is 0 Å². The van der Waals surface area contributed by atoms with Crippen molar-refractivity contribution in [2.24, 2.45) is 0 Å². The van der Waals surface area contributed by atoms with Gasteiger partial charge in [-0.1, -0.05) is 72.8 Å². The maximum absolute atomic E-state index is 12.4. The Morgan fingerprint density at radius 3 is 2.23 bits per heavy atom. The van der Waals surface area contributed by atoms with E-state index < -0.39 is 11.9 Å². The van der Waals surface area contributed by atoms with Gasteiger partial charge in [0.05, 0.1) is 16.6 Å². The quantitative estimate of drug-likeness (QED) is 0.182. The van der Waals surface area contributed by atoms with Crippen LogP contribution in [0.4, 0.5) is 0 Å². The summed E-state index contributed by atoms with van der Waals surface area (Å²) in [7, 11) is 0. The second-order valence-electron chi connectivity index (χ2n) is 7.67. The van der Waals surface area contributed by atoms with Crippen LogP contribution in [-0.2, 0) is 16.0 Å². The first-order valence-corrected chi connectivity index (χ1v) is 11.9. The summed E-state index contributed by atoms with van der Waals surface area (Å²) >= 11 is 3.49. The van der Waals surface area contributed by atoms with Gasteiger partial charge in [-0.05, 0) is 63.0 Å². The minimum atomic E-state index is -0.585. The summed E-state index contributed by atoms with van der Waals surface area (Å²) in [5.74, 6) is -0.289. The van der Waals surface area contributed by atoms with Gasteiger partial charge >= 0.3 is 11.9 Å². The van der Waals surface area contributed by atoms with Crippen LogP contribution in [-0.4, -0.2) is 25.2 Å². The Morgan fingerprint density at radius 1 is 0.743 bits per heavy atom. The van der Waals surface area contributed by atoms with Crippen molar-refractivity contribution in [3.05, 3.63) is 119 Å². The van der Waals surface area contributed by atoms with Crippen LogP contribution in [0.3, 0.4) is 0 Å². The number of ether oxygens (including phenoxy) is 3. The Balaban J connectivity index is 1.28. The minimum Gasteiger partial charge on any atom is -0.481 e. The number of carbonyl (C=O) groups is 2. The van der Waals surface area contributed by atoms with Crippen LogP contribution >= 0.6 is 15.9 Å². The summed E-state index contributed by atoms with van der Waals surface area (Å²) in [6.07, 6.45) is 0.625. The minimum absolute atomic E-state index is 0.245. The zero-order chi connectivity index (χ0) is 24.5. The molecule has 35 heavy (non-hydrogen) atoms. The summed E-state index contributed by atoms with van der Waals surface area (Å²) in [5, 5.41) is 0. The molecule has 0 spiro atoms. The van der Waals surface area contributed by atoms with E-state index >= 15 is 0 Å². The molecule has 0 heterocycles. The van der Waals surface area contributed by atoms with Crippen LogP contribution in [0.5, 0.6) is 11.5 Å². The number of benzene rings is 4. The van der Waals surface area contributed by atoms with Crippen molar-refractivity contribution in [2.45, 2.75) is 6.42 Å². The second kappa shape index (κ2) is 12.0. The first-order chi connectivity index (χ1) is 17.1. The highest BCUT2D eigenvalue weighted by Crippen LogP contribution is 2.30. The van der Waals surface area contributed by atoms with Gasteiger partial charge in [0.15, 0.2) is 6.61 Å². The third-order valence-electron chi connectivity index (χ3n) is 5.15. The monoisotopic (exact) mass is 530 g/mol. The van der Waals surface area contributed by atoms with E-state index in [4.69, 9.17) is 14.2 Å². The normalized spacial score (nSPS) is 10.4. The van der Waals surface area contributed by atoms with Crippen LogP contribution in [0.2, 0.25) is 0 Å². The summed E-state index contributed by atoms with van der Waals surface area (Å²) in [4.78, 5) is 24.7. The average Bonchev–Trinajstić information content (AvgIpc) is 2.89. The lowest BCUT2D eigenvalue weighted by molar-refractivity contribution is -0.136. The van der Waals surface area contributed by atoms with Crippen molar-refractivity contribution in [1.29, 1.82) is 0 Å². The Kier molecular flexibility index (Phi) is 8.30. The van der Waals surface area contributed by atoms with Crippen molar-refractivity contribution >= 4 is 27.9 Å². The number of rotatable bonds is 9. The van der Waals surface area contributed by atoms with Crippen molar-refractivity contribution in [3.63, 3.8) is 0 Å². The van der Waals surface area contributed by atoms with Gasteiger partial charge in [0.1, 0.15) is 11.5 Å². The molecular formula is C29H23BrO5. The van der Waals surface area contributed by atoms with Gasteiger partial charge in [-0.25, -0.2) is 9.59 Å². The van der Waals surface area contributed by atoms with E-state index in [1.54, 1.807) is 24.3 Å². The maximum Gasteiger partial charge on any atom is 0.349 e. The van der Waals surface area contributed by atoms with Crippen molar-refractivity contribution in [3.8, 4) is 22.6 Å². The molecule has 0 unspecified atom stereocenters. The Labute approximate surface area is 212 Å². The van der Waals surface area contributed by atoms with E-state index in [9.17, 15) is 9.59 Å². The van der Waals surface area contributed by atoms with E-state index in [1.165, 1.54) is 6.07 Å². The van der Waals surface area contributed by atoms with Crippen molar-refractivity contribution < 1.29 is 23.8 Å². The molecule has 4 aromatic carbocycles. The summed E-state index contributed by atoms with van der Waals surface area (Å²) in [6, 6.07) is 31.7. The lowest BCUT2D eigenvalue weighted by Crippen LogP contribution is -2.18. The van der Waals surface area contributed by atoms with E-state index in [0.29, 0.717) is 17.7 Å². The SMILES string of the molecule is O=C(COc1ccc(-c2ccccc2)cc1Br)Oc1cccc(C(=O)OCCc2ccccc2)c1. The lowest BCUT2D eigenvalue weighted by Gasteiger charge is -2.10. The molecule has 6 heteroatoms. The van der Waals surface area contributed by atoms with E-state index in [2.05, 4.69) is 15.9 Å². The van der Waals surface area contributed by atoms with Crippen molar-refractivity contribution in [1.82, 2.24) is 0 Å². The fourth-order valence-electron chi connectivity index (χ4n) is 3.40. The molecule has 0 radical (unpaired) electrons. The molecule has 176 valence electrons. The summed E-state index contributed by atoms with van der Waals surface area (Å²) < 4.78 is 17.0. The van der Waals surface area contributed by atoms with Gasteiger partial charge < -0.3 is 14.2 Å². The third kappa shape index (κ3) is 7.04. The predicted octanol–water partition coefficient (Wildman–Crippen LogP) is 6.50. The molecule has 0 N–H and O–H groups in total. The fourth-order valence-corrected chi connectivity index (χ4v) is 3.90. The number of esters is 2. The van der Waals surface area contributed by atoms with Gasteiger partial charge in [-0.15, -0.1) is 0 Å². The molecule has 0 aliphatic carbocycles. The Hall–Kier alpha value is -3.90. The molecular weight excluding hydrogens is 508 g/mol. The molecule has 0 bridgehead atoms. The Morgan fingerprint density at radius 2 is 1.49 bits per heavy atom. The van der Waals surface area contributed by atoms with Crippen LogP contribution < -0.4 is 9.47 Å². The molecule has 0 fully saturated rings. The van der Waals surface area contributed by atoms with Gasteiger partial charge in [0.25, 0.3) is 0 Å². The highest BCUT2D eigenvalue weighted by molar-refractivity contribution is 9.10. The first-order valence-electron chi connectivity index (χ1n) is 11.1. The van der Waals surface area contributed by atoms with E-state index in [-0.39, 0.29) is 19.0 Å². The molecule has 5 nitrogen and oxygen atoms in total. The fraction of sp³-hybridized carbons (Fsp3) is 0.103. The molecule has 0 aromatic heterocycles. The molecule has 0 atom stereocenters. The molecule has 4 aromatic rings. The zero-order valence-corrected chi connectivity index (χ0v) is 20.4. The van der Waals surface area contributed by atoms with Gasteiger partial charge in [0.2, 0.25) is 0 Å². The highest BCUT2D eigenvalue weighted by Gasteiger charge is 2.12. The molecule has 0 saturated carbocycles. The van der Waals surface area contributed by atoms with Gasteiger partial charge in [0, 0.05) is 6.42 Å². The molecule has 0 saturated heterocycles. The summed E-state index contributed by atoms with van der Waals surface area (Å²) in [6.45, 7) is -0.0202. The Bertz CT molecular complexity index is 1290. The van der Waals surface area contributed by atoms with Crippen molar-refractivity contribution in [2.75, 3.05) is 13.2 Å². The number of carbonyl (C=O) groups excluding carboxylic acids is 2. The third-order valence-corrected chi connectivity index (χ3v) is 5.77. The van der Waals surface area contributed by atoms with Crippen LogP contribution in [0.15, 0.2) is 108 Å². The van der Waals surface area contributed by atoms with Crippen LogP contribution in [0.1, 0.15) is 15.9 Å². The first kappa shape index (κ1) is 24.2. The summed E-state index contributed by atoms with van der Waals surface area (Å²) in [5.41, 5.74) is 3.50. The highest BCUT2D eigenvalue weighted by atomic mass is 79.9. The maximum atomic E-state index is 12.4. The smallest absolute Gasteiger partial charge is 0.349 e. The standard InChI is InChI=1S/C29H23BrO5/c30-26-19-23(22-10-5-2-6-11-22)14-15-27(26)34-20-28(31)35-25-13-7-12-24(18-25)29(32)33-17-16-21-8-3-1-4-9-21/h1-15,18-19H,16-17,20H2. The average molecular weight is 531 g/mol.